The number of aromatic nitrogens is 3. The lowest BCUT2D eigenvalue weighted by Gasteiger charge is -2.08. The molecule has 0 aliphatic carbocycles. The van der Waals surface area contributed by atoms with Gasteiger partial charge < -0.3 is 5.11 Å². The number of nitrogens with zero attached hydrogens (tertiary/aromatic N) is 2. The van der Waals surface area contributed by atoms with Crippen molar-refractivity contribution in [1.29, 1.82) is 0 Å². The average molecular weight is 272 g/mol. The van der Waals surface area contributed by atoms with Crippen LogP contribution in [0.2, 0.25) is 0 Å². The lowest BCUT2D eigenvalue weighted by Crippen LogP contribution is -2.04. The van der Waals surface area contributed by atoms with E-state index in [2.05, 4.69) is 31.1 Å². The highest BCUT2D eigenvalue weighted by Gasteiger charge is 2.17. The summed E-state index contributed by atoms with van der Waals surface area (Å²) < 4.78 is 14.1. The van der Waals surface area contributed by atoms with E-state index in [-0.39, 0.29) is 11.4 Å². The van der Waals surface area contributed by atoms with Gasteiger partial charge in [-0.3, -0.25) is 5.10 Å². The maximum Gasteiger partial charge on any atom is 0.157 e. The fourth-order valence-corrected chi connectivity index (χ4v) is 1.60. The molecule has 0 spiro atoms. The zero-order valence-electron chi connectivity index (χ0n) is 7.48. The Labute approximate surface area is 93.3 Å². The molecule has 2 aromatic rings. The van der Waals surface area contributed by atoms with E-state index >= 15 is 0 Å². The summed E-state index contributed by atoms with van der Waals surface area (Å²) >= 11 is 3.20. The van der Waals surface area contributed by atoms with Gasteiger partial charge in [-0.2, -0.15) is 5.10 Å². The summed E-state index contributed by atoms with van der Waals surface area (Å²) in [4.78, 5) is 3.76. The van der Waals surface area contributed by atoms with Gasteiger partial charge in [-0.1, -0.05) is 15.9 Å². The van der Waals surface area contributed by atoms with Crippen molar-refractivity contribution in [2.45, 2.75) is 6.10 Å². The molecule has 1 aromatic carbocycles. The maximum absolute atomic E-state index is 13.4. The molecular formula is C9H7BrFN3O. The third kappa shape index (κ3) is 2.05. The predicted octanol–water partition coefficient (Wildman–Crippen LogP) is 1.79. The Kier molecular flexibility index (Phi) is 2.79. The average Bonchev–Trinajstić information content (AvgIpc) is 2.74. The van der Waals surface area contributed by atoms with Crippen LogP contribution in [0.3, 0.4) is 0 Å². The van der Waals surface area contributed by atoms with E-state index in [4.69, 9.17) is 0 Å². The summed E-state index contributed by atoms with van der Waals surface area (Å²) in [5, 5.41) is 15.9. The summed E-state index contributed by atoms with van der Waals surface area (Å²) in [7, 11) is 0. The second-order valence-corrected chi connectivity index (χ2v) is 3.85. The van der Waals surface area contributed by atoms with Gasteiger partial charge in [-0.25, -0.2) is 9.37 Å². The van der Waals surface area contributed by atoms with Crippen molar-refractivity contribution in [2.24, 2.45) is 0 Å². The minimum Gasteiger partial charge on any atom is -0.380 e. The third-order valence-corrected chi connectivity index (χ3v) is 2.44. The molecule has 4 nitrogen and oxygen atoms in total. The Morgan fingerprint density at radius 2 is 2.27 bits per heavy atom. The molecule has 1 unspecified atom stereocenters. The molecule has 0 aliphatic rings. The number of benzene rings is 1. The molecule has 1 aromatic heterocycles. The molecule has 0 bridgehead atoms. The van der Waals surface area contributed by atoms with Gasteiger partial charge in [-0.05, 0) is 18.2 Å². The van der Waals surface area contributed by atoms with Crippen LogP contribution in [-0.2, 0) is 0 Å². The van der Waals surface area contributed by atoms with Gasteiger partial charge in [0, 0.05) is 10.0 Å². The molecule has 78 valence electrons. The highest BCUT2D eigenvalue weighted by atomic mass is 79.9. The first kappa shape index (κ1) is 10.3. The number of aliphatic hydroxyl groups is 1. The van der Waals surface area contributed by atoms with Gasteiger partial charge in [0.05, 0.1) is 0 Å². The van der Waals surface area contributed by atoms with Crippen molar-refractivity contribution < 1.29 is 9.50 Å². The number of aliphatic hydroxyl groups excluding tert-OH is 1. The van der Waals surface area contributed by atoms with Crippen LogP contribution >= 0.6 is 15.9 Å². The number of halogens is 2. The fraction of sp³-hybridized carbons (Fsp3) is 0.111. The SMILES string of the molecule is OC(c1ncn[nH]1)c1cc(Br)ccc1F. The quantitative estimate of drug-likeness (QED) is 0.876. The molecule has 1 heterocycles. The van der Waals surface area contributed by atoms with Gasteiger partial charge in [0.15, 0.2) is 5.82 Å². The first-order chi connectivity index (χ1) is 7.18. The Hall–Kier alpha value is -1.27. The van der Waals surface area contributed by atoms with Crippen LogP contribution in [0.15, 0.2) is 29.0 Å². The van der Waals surface area contributed by atoms with Gasteiger partial charge >= 0.3 is 0 Å². The summed E-state index contributed by atoms with van der Waals surface area (Å²) in [5.41, 5.74) is 0.154. The minimum absolute atomic E-state index is 0.154. The first-order valence-corrected chi connectivity index (χ1v) is 4.96. The van der Waals surface area contributed by atoms with E-state index in [1.807, 2.05) is 0 Å². The largest absolute Gasteiger partial charge is 0.380 e. The number of H-pyrrole nitrogens is 1. The molecule has 0 fully saturated rings. The second kappa shape index (κ2) is 4.08. The molecule has 6 heteroatoms. The summed E-state index contributed by atoms with van der Waals surface area (Å²) in [6, 6.07) is 4.34. The van der Waals surface area contributed by atoms with E-state index in [1.54, 1.807) is 6.07 Å². The highest BCUT2D eigenvalue weighted by molar-refractivity contribution is 9.10. The number of aromatic amines is 1. The van der Waals surface area contributed by atoms with Crippen LogP contribution < -0.4 is 0 Å². The molecule has 0 amide bonds. The zero-order valence-corrected chi connectivity index (χ0v) is 9.07. The van der Waals surface area contributed by atoms with Crippen LogP contribution in [-0.4, -0.2) is 20.3 Å². The van der Waals surface area contributed by atoms with Crippen LogP contribution in [0, 0.1) is 5.82 Å². The number of hydrogen-bond donors (Lipinski definition) is 2. The fourth-order valence-electron chi connectivity index (χ4n) is 1.22. The molecule has 2 rings (SSSR count). The molecular weight excluding hydrogens is 265 g/mol. The van der Waals surface area contributed by atoms with Crippen LogP contribution in [0.25, 0.3) is 0 Å². The molecule has 0 saturated carbocycles. The van der Waals surface area contributed by atoms with E-state index < -0.39 is 11.9 Å². The maximum atomic E-state index is 13.4. The van der Waals surface area contributed by atoms with Crippen molar-refractivity contribution in [3.63, 3.8) is 0 Å². The number of hydrogen-bond acceptors (Lipinski definition) is 3. The number of nitrogens with one attached hydrogen (secondary N) is 1. The van der Waals surface area contributed by atoms with Crippen LogP contribution in [0.4, 0.5) is 4.39 Å². The monoisotopic (exact) mass is 271 g/mol. The van der Waals surface area contributed by atoms with Crippen LogP contribution in [0.1, 0.15) is 17.5 Å². The normalized spacial score (nSPS) is 12.7. The van der Waals surface area contributed by atoms with Crippen LogP contribution in [0.5, 0.6) is 0 Å². The summed E-state index contributed by atoms with van der Waals surface area (Å²) in [6.45, 7) is 0. The lowest BCUT2D eigenvalue weighted by molar-refractivity contribution is 0.205. The summed E-state index contributed by atoms with van der Waals surface area (Å²) in [6.07, 6.45) is 0.124. The van der Waals surface area contributed by atoms with Gasteiger partial charge in [0.2, 0.25) is 0 Å². The molecule has 0 radical (unpaired) electrons. The van der Waals surface area contributed by atoms with Gasteiger partial charge in [-0.15, -0.1) is 0 Å². The Morgan fingerprint density at radius 3 is 2.93 bits per heavy atom. The smallest absolute Gasteiger partial charge is 0.157 e. The first-order valence-electron chi connectivity index (χ1n) is 4.17. The van der Waals surface area contributed by atoms with E-state index in [0.29, 0.717) is 4.47 Å². The van der Waals surface area contributed by atoms with Gasteiger partial charge in [0.1, 0.15) is 18.2 Å². The topological polar surface area (TPSA) is 61.8 Å². The summed E-state index contributed by atoms with van der Waals surface area (Å²) in [5.74, 6) is -0.269. The van der Waals surface area contributed by atoms with Crippen molar-refractivity contribution in [3.05, 3.63) is 46.2 Å². The van der Waals surface area contributed by atoms with E-state index in [9.17, 15) is 9.50 Å². The molecule has 2 N–H and O–H groups in total. The van der Waals surface area contributed by atoms with E-state index in [1.165, 1.54) is 18.5 Å². The third-order valence-electron chi connectivity index (χ3n) is 1.95. The molecule has 0 aliphatic heterocycles. The molecule has 0 saturated heterocycles. The predicted molar refractivity (Wildman–Crippen MR) is 54.5 cm³/mol. The minimum atomic E-state index is -1.13. The van der Waals surface area contributed by atoms with Crippen molar-refractivity contribution in [3.8, 4) is 0 Å². The number of rotatable bonds is 2. The van der Waals surface area contributed by atoms with E-state index in [0.717, 1.165) is 0 Å². The Morgan fingerprint density at radius 1 is 1.47 bits per heavy atom. The lowest BCUT2D eigenvalue weighted by atomic mass is 10.1. The highest BCUT2D eigenvalue weighted by Crippen LogP contribution is 2.24. The van der Waals surface area contributed by atoms with Crippen molar-refractivity contribution in [1.82, 2.24) is 15.2 Å². The Balaban J connectivity index is 2.41. The molecule has 1 atom stereocenters. The second-order valence-electron chi connectivity index (χ2n) is 2.94. The van der Waals surface area contributed by atoms with Crippen molar-refractivity contribution >= 4 is 15.9 Å². The van der Waals surface area contributed by atoms with Crippen molar-refractivity contribution in [2.75, 3.05) is 0 Å². The molecule has 15 heavy (non-hydrogen) atoms. The van der Waals surface area contributed by atoms with Gasteiger partial charge in [0.25, 0.3) is 0 Å². The standard InChI is InChI=1S/C9H7BrFN3O/c10-5-1-2-7(11)6(3-5)8(15)9-12-4-13-14-9/h1-4,8,15H,(H,12,13,14). The Bertz CT molecular complexity index is 460. The zero-order chi connectivity index (χ0) is 10.8.